The summed E-state index contributed by atoms with van der Waals surface area (Å²) in [5, 5.41) is -0.135. The summed E-state index contributed by atoms with van der Waals surface area (Å²) in [6, 6.07) is 32.6. The van der Waals surface area contributed by atoms with Gasteiger partial charge in [0.15, 0.2) is 0 Å². The molecule has 0 saturated heterocycles. The molecule has 0 nitrogen and oxygen atoms in total. The van der Waals surface area contributed by atoms with Crippen LogP contribution < -0.4 is 0 Å². The van der Waals surface area contributed by atoms with Crippen LogP contribution in [-0.2, 0) is 18.3 Å². The van der Waals surface area contributed by atoms with Gasteiger partial charge in [-0.05, 0) is 28.5 Å². The third-order valence-corrected chi connectivity index (χ3v) is 8.23. The zero-order valence-corrected chi connectivity index (χ0v) is 25.3. The van der Waals surface area contributed by atoms with Crippen LogP contribution in [-0.4, -0.2) is 0 Å². The maximum absolute atomic E-state index is 7.20. The number of alkyl halides is 1. The maximum Gasteiger partial charge on any atom is 0.0625 e. The van der Waals surface area contributed by atoms with Gasteiger partial charge in [-0.25, -0.2) is 0 Å². The van der Waals surface area contributed by atoms with Crippen LogP contribution in [0.2, 0.25) is 0 Å². The highest BCUT2D eigenvalue weighted by Crippen LogP contribution is 2.43. The van der Waals surface area contributed by atoms with Crippen molar-refractivity contribution in [3.63, 3.8) is 0 Å². The number of halogens is 2. The summed E-state index contributed by atoms with van der Waals surface area (Å²) in [6.07, 6.45) is 6.62. The Kier molecular flexibility index (Phi) is 10.2. The first kappa shape index (κ1) is 29.3. The van der Waals surface area contributed by atoms with Crippen LogP contribution in [0.25, 0.3) is 22.3 Å². The molecule has 2 heteroatoms. The van der Waals surface area contributed by atoms with E-state index in [0.717, 1.165) is 30.4 Å². The number of hydrogen-bond donors (Lipinski definition) is 0. The Morgan fingerprint density at radius 3 is 1.85 bits per heavy atom. The van der Waals surface area contributed by atoms with Gasteiger partial charge in [0.25, 0.3) is 0 Å². The van der Waals surface area contributed by atoms with Crippen molar-refractivity contribution in [2.24, 2.45) is 0 Å². The van der Waals surface area contributed by atoms with Crippen LogP contribution in [0.15, 0.2) is 91.0 Å². The molecule has 0 aromatic heterocycles. The third kappa shape index (κ3) is 7.30. The van der Waals surface area contributed by atoms with Gasteiger partial charge in [-0.2, -0.15) is 17.2 Å². The van der Waals surface area contributed by atoms with Gasteiger partial charge in [0, 0.05) is 0 Å². The SMILES string of the molecule is CCCCCCc1cc(CC(Cl)c2ccc(C(C)(C)C)cc2)c(-c2ccccc2)c(-c2ccccc2)c1[CH-]Cl. The Morgan fingerprint density at radius 1 is 0.718 bits per heavy atom. The molecule has 204 valence electrons. The van der Waals surface area contributed by atoms with Gasteiger partial charge in [-0.3, -0.25) is 0 Å². The Bertz CT molecular complexity index is 1320. The van der Waals surface area contributed by atoms with E-state index in [1.165, 1.54) is 58.2 Å². The molecule has 1 atom stereocenters. The molecule has 4 aromatic rings. The van der Waals surface area contributed by atoms with Crippen molar-refractivity contribution in [1.29, 1.82) is 0 Å². The van der Waals surface area contributed by atoms with E-state index in [1.54, 1.807) is 5.88 Å². The fourth-order valence-corrected chi connectivity index (χ4v) is 5.95. The molecule has 0 amide bonds. The van der Waals surface area contributed by atoms with Gasteiger partial charge < -0.3 is 0 Å². The number of aryl methyl sites for hydroxylation is 1. The van der Waals surface area contributed by atoms with E-state index in [0.29, 0.717) is 0 Å². The smallest absolute Gasteiger partial charge is 0.0625 e. The van der Waals surface area contributed by atoms with Crippen molar-refractivity contribution in [2.75, 3.05) is 0 Å². The van der Waals surface area contributed by atoms with E-state index in [1.807, 2.05) is 0 Å². The lowest BCUT2D eigenvalue weighted by Gasteiger charge is -2.30. The lowest BCUT2D eigenvalue weighted by molar-refractivity contribution is 0.590. The zero-order chi connectivity index (χ0) is 27.8. The predicted molar refractivity (Wildman–Crippen MR) is 172 cm³/mol. The van der Waals surface area contributed by atoms with Crippen molar-refractivity contribution in [3.05, 3.63) is 125 Å². The first-order valence-corrected chi connectivity index (χ1v) is 15.2. The molecule has 0 saturated carbocycles. The zero-order valence-electron chi connectivity index (χ0n) is 23.8. The summed E-state index contributed by atoms with van der Waals surface area (Å²) in [7, 11) is 0. The molecule has 0 aliphatic heterocycles. The van der Waals surface area contributed by atoms with Crippen molar-refractivity contribution < 1.29 is 0 Å². The maximum atomic E-state index is 7.20. The Morgan fingerprint density at radius 2 is 1.31 bits per heavy atom. The summed E-state index contributed by atoms with van der Waals surface area (Å²) in [4.78, 5) is 0. The average molecular weight is 557 g/mol. The summed E-state index contributed by atoms with van der Waals surface area (Å²) >= 11 is 13.8. The number of rotatable bonds is 11. The standard InChI is InChI=1S/C37H41Cl2/c1-5-6-7-10-19-30-24-31(25-34(39)27-20-22-32(23-21-27)37(2,3)4)35(28-15-11-8-12-16-28)36(33(30)26-38)29-17-13-9-14-18-29/h8-9,11-18,20-24,26,34H,5-7,10,19,25H2,1-4H3/q-1. The van der Waals surface area contributed by atoms with Crippen LogP contribution in [0, 0.1) is 5.88 Å². The van der Waals surface area contributed by atoms with Crippen LogP contribution in [0.3, 0.4) is 0 Å². The highest BCUT2D eigenvalue weighted by Gasteiger charge is 2.19. The summed E-state index contributed by atoms with van der Waals surface area (Å²) in [6.45, 7) is 8.99. The number of unbranched alkanes of at least 4 members (excludes halogenated alkanes) is 3. The van der Waals surface area contributed by atoms with E-state index in [4.69, 9.17) is 23.2 Å². The molecular weight excluding hydrogens is 515 g/mol. The largest absolute Gasteiger partial charge is 0.174 e. The molecule has 4 aromatic carbocycles. The van der Waals surface area contributed by atoms with Gasteiger partial charge in [-0.1, -0.05) is 167 Å². The second-order valence-corrected chi connectivity index (χ2v) is 12.3. The van der Waals surface area contributed by atoms with Crippen LogP contribution in [0.4, 0.5) is 0 Å². The summed E-state index contributed by atoms with van der Waals surface area (Å²) in [5.74, 6) is 1.79. The second kappa shape index (κ2) is 13.6. The van der Waals surface area contributed by atoms with E-state index < -0.39 is 0 Å². The van der Waals surface area contributed by atoms with Crippen molar-refractivity contribution >= 4 is 23.2 Å². The van der Waals surface area contributed by atoms with E-state index in [9.17, 15) is 0 Å². The molecule has 0 radical (unpaired) electrons. The highest BCUT2D eigenvalue weighted by atomic mass is 35.5. The lowest BCUT2D eigenvalue weighted by atomic mass is 9.82. The fourth-order valence-electron chi connectivity index (χ4n) is 5.39. The summed E-state index contributed by atoms with van der Waals surface area (Å²) in [5.41, 5.74) is 11.1. The first-order chi connectivity index (χ1) is 18.8. The monoisotopic (exact) mass is 555 g/mol. The summed E-state index contributed by atoms with van der Waals surface area (Å²) < 4.78 is 0. The minimum absolute atomic E-state index is 0.117. The van der Waals surface area contributed by atoms with Gasteiger partial charge in [0.1, 0.15) is 0 Å². The van der Waals surface area contributed by atoms with Gasteiger partial charge in [0.05, 0.1) is 5.38 Å². The fraction of sp³-hybridized carbons (Fsp3) is 0.324. The van der Waals surface area contributed by atoms with Crippen molar-refractivity contribution in [1.82, 2.24) is 0 Å². The number of benzene rings is 4. The molecule has 0 heterocycles. The van der Waals surface area contributed by atoms with Crippen LogP contribution in [0.5, 0.6) is 0 Å². The van der Waals surface area contributed by atoms with Crippen molar-refractivity contribution in [3.8, 4) is 22.3 Å². The molecule has 39 heavy (non-hydrogen) atoms. The molecule has 4 rings (SSSR count). The molecule has 0 aliphatic carbocycles. The number of hydrogen-bond acceptors (Lipinski definition) is 0. The van der Waals surface area contributed by atoms with E-state index >= 15 is 0 Å². The molecule has 0 bridgehead atoms. The third-order valence-electron chi connectivity index (χ3n) is 7.61. The van der Waals surface area contributed by atoms with Crippen LogP contribution in [0.1, 0.15) is 86.6 Å². The Hall–Kier alpha value is -2.67. The topological polar surface area (TPSA) is 0 Å². The normalized spacial score (nSPS) is 12.4. The van der Waals surface area contributed by atoms with Crippen molar-refractivity contribution in [2.45, 2.75) is 77.0 Å². The Labute approximate surface area is 246 Å². The molecule has 1 unspecified atom stereocenters. The molecule has 0 N–H and O–H groups in total. The minimum Gasteiger partial charge on any atom is -0.174 e. The molecular formula is C37H41Cl2-. The molecule has 0 spiro atoms. The average Bonchev–Trinajstić information content (AvgIpc) is 2.95. The molecule has 0 fully saturated rings. The Balaban J connectivity index is 1.86. The predicted octanol–water partition coefficient (Wildman–Crippen LogP) is 11.7. The highest BCUT2D eigenvalue weighted by molar-refractivity contribution is 6.26. The van der Waals surface area contributed by atoms with Crippen LogP contribution >= 0.6 is 23.2 Å². The molecule has 0 aliphatic rings. The lowest BCUT2D eigenvalue weighted by Crippen LogP contribution is -2.11. The van der Waals surface area contributed by atoms with Gasteiger partial charge >= 0.3 is 0 Å². The van der Waals surface area contributed by atoms with E-state index in [2.05, 4.69) is 119 Å². The van der Waals surface area contributed by atoms with Gasteiger partial charge in [0.2, 0.25) is 0 Å². The van der Waals surface area contributed by atoms with E-state index in [-0.39, 0.29) is 10.8 Å². The quantitative estimate of drug-likeness (QED) is 0.0979. The van der Waals surface area contributed by atoms with Gasteiger partial charge in [-0.15, -0.1) is 28.8 Å². The second-order valence-electron chi connectivity index (χ2n) is 11.6. The minimum atomic E-state index is -0.135. The first-order valence-electron chi connectivity index (χ1n) is 14.3.